The lowest BCUT2D eigenvalue weighted by Crippen LogP contribution is -2.31. The number of halogens is 1. The molecule has 0 bridgehead atoms. The predicted molar refractivity (Wildman–Crippen MR) is 88.0 cm³/mol. The monoisotopic (exact) mass is 372 g/mol. The van der Waals surface area contributed by atoms with Crippen LogP contribution < -0.4 is 5.32 Å². The highest BCUT2D eigenvalue weighted by atomic mass is 32.2. The van der Waals surface area contributed by atoms with Gasteiger partial charge >= 0.3 is 5.97 Å². The maximum Gasteiger partial charge on any atom is 0.338 e. The normalized spacial score (nSPS) is 14.4. The highest BCUT2D eigenvalue weighted by Crippen LogP contribution is 2.21. The zero-order valence-corrected chi connectivity index (χ0v) is 14.9. The van der Waals surface area contributed by atoms with E-state index in [-0.39, 0.29) is 24.7 Å². The number of ether oxygens (including phenoxy) is 1. The number of amides is 1. The van der Waals surface area contributed by atoms with Crippen molar-refractivity contribution in [1.29, 1.82) is 0 Å². The van der Waals surface area contributed by atoms with E-state index in [0.717, 1.165) is 35.3 Å². The SMILES string of the molecule is CCN(CC)S(=O)(=O)c1cc(C(=O)OCC(=O)NC2CC2)ccc1F. The lowest BCUT2D eigenvalue weighted by molar-refractivity contribution is -0.124. The Kier molecular flexibility index (Phi) is 6.12. The summed E-state index contributed by atoms with van der Waals surface area (Å²) < 4.78 is 44.9. The molecule has 1 N–H and O–H groups in total. The van der Waals surface area contributed by atoms with E-state index in [9.17, 15) is 22.4 Å². The Morgan fingerprint density at radius 3 is 2.48 bits per heavy atom. The first kappa shape index (κ1) is 19.3. The number of nitrogens with zero attached hydrogens (tertiary/aromatic N) is 1. The molecule has 1 aliphatic carbocycles. The molecule has 2 rings (SSSR count). The molecule has 7 nitrogen and oxygen atoms in total. The first-order chi connectivity index (χ1) is 11.8. The van der Waals surface area contributed by atoms with E-state index in [4.69, 9.17) is 4.74 Å². The number of carbonyl (C=O) groups is 2. The first-order valence-corrected chi connectivity index (χ1v) is 9.49. The summed E-state index contributed by atoms with van der Waals surface area (Å²) in [6, 6.07) is 3.10. The van der Waals surface area contributed by atoms with E-state index in [1.807, 2.05) is 0 Å². The number of sulfonamides is 1. The average molecular weight is 372 g/mol. The van der Waals surface area contributed by atoms with Crippen molar-refractivity contribution in [2.75, 3.05) is 19.7 Å². The van der Waals surface area contributed by atoms with Gasteiger partial charge in [0.25, 0.3) is 5.91 Å². The highest BCUT2D eigenvalue weighted by Gasteiger charge is 2.27. The van der Waals surface area contributed by atoms with Crippen molar-refractivity contribution in [1.82, 2.24) is 9.62 Å². The zero-order valence-electron chi connectivity index (χ0n) is 14.1. The number of esters is 1. The molecule has 0 radical (unpaired) electrons. The fourth-order valence-corrected chi connectivity index (χ4v) is 3.79. The van der Waals surface area contributed by atoms with E-state index in [1.54, 1.807) is 13.8 Å². The average Bonchev–Trinajstić information content (AvgIpc) is 3.37. The Balaban J connectivity index is 2.14. The number of rotatable bonds is 8. The fraction of sp³-hybridized carbons (Fsp3) is 0.500. The van der Waals surface area contributed by atoms with Crippen molar-refractivity contribution in [2.24, 2.45) is 0 Å². The van der Waals surface area contributed by atoms with Gasteiger partial charge in [0.05, 0.1) is 5.56 Å². The molecule has 1 aliphatic rings. The molecule has 0 atom stereocenters. The quantitative estimate of drug-likeness (QED) is 0.694. The minimum Gasteiger partial charge on any atom is -0.452 e. The maximum atomic E-state index is 14.0. The van der Waals surface area contributed by atoms with Gasteiger partial charge in [0.1, 0.15) is 10.7 Å². The Labute approximate surface area is 146 Å². The van der Waals surface area contributed by atoms with Gasteiger partial charge in [-0.3, -0.25) is 4.79 Å². The smallest absolute Gasteiger partial charge is 0.338 e. The van der Waals surface area contributed by atoms with Crippen molar-refractivity contribution in [2.45, 2.75) is 37.6 Å². The Bertz CT molecular complexity index is 758. The Morgan fingerprint density at radius 2 is 1.92 bits per heavy atom. The summed E-state index contributed by atoms with van der Waals surface area (Å²) in [6.45, 7) is 3.15. The van der Waals surface area contributed by atoms with Crippen LogP contribution in [-0.4, -0.2) is 50.3 Å². The van der Waals surface area contributed by atoms with Crippen LogP contribution in [0.5, 0.6) is 0 Å². The van der Waals surface area contributed by atoms with Crippen molar-refractivity contribution < 1.29 is 27.1 Å². The molecule has 1 amide bonds. The van der Waals surface area contributed by atoms with Gasteiger partial charge in [0, 0.05) is 19.1 Å². The minimum absolute atomic E-state index is 0.133. The molecule has 0 heterocycles. The summed E-state index contributed by atoms with van der Waals surface area (Å²) in [5.74, 6) is -2.26. The van der Waals surface area contributed by atoms with Gasteiger partial charge in [0.15, 0.2) is 6.61 Å². The number of carbonyl (C=O) groups excluding carboxylic acids is 2. The lowest BCUT2D eigenvalue weighted by Gasteiger charge is -2.19. The van der Waals surface area contributed by atoms with Crippen molar-refractivity contribution in [3.63, 3.8) is 0 Å². The van der Waals surface area contributed by atoms with E-state index < -0.39 is 39.2 Å². The van der Waals surface area contributed by atoms with Crippen LogP contribution >= 0.6 is 0 Å². The van der Waals surface area contributed by atoms with Crippen LogP contribution in [0.25, 0.3) is 0 Å². The van der Waals surface area contributed by atoms with Crippen molar-refractivity contribution in [3.05, 3.63) is 29.6 Å². The highest BCUT2D eigenvalue weighted by molar-refractivity contribution is 7.89. The summed E-state index contributed by atoms with van der Waals surface area (Å²) in [5.41, 5.74) is -0.133. The zero-order chi connectivity index (χ0) is 18.6. The van der Waals surface area contributed by atoms with E-state index in [0.29, 0.717) is 0 Å². The Morgan fingerprint density at radius 1 is 1.28 bits per heavy atom. The molecule has 9 heteroatoms. The van der Waals surface area contributed by atoms with Gasteiger partial charge in [-0.1, -0.05) is 13.8 Å². The molecular weight excluding hydrogens is 351 g/mol. The third-order valence-corrected chi connectivity index (χ3v) is 5.83. The number of hydrogen-bond donors (Lipinski definition) is 1. The fourth-order valence-electron chi connectivity index (χ4n) is 2.24. The molecule has 1 aromatic carbocycles. The molecule has 0 unspecified atom stereocenters. The maximum absolute atomic E-state index is 14.0. The standard InChI is InChI=1S/C16H21FN2O5S/c1-3-19(4-2)25(22,23)14-9-11(5-8-13(14)17)16(21)24-10-15(20)18-12-6-7-12/h5,8-9,12H,3-4,6-7,10H2,1-2H3,(H,18,20). The van der Waals surface area contributed by atoms with E-state index in [2.05, 4.69) is 5.32 Å². The van der Waals surface area contributed by atoms with Crippen LogP contribution in [-0.2, 0) is 19.6 Å². The molecule has 1 saturated carbocycles. The third-order valence-electron chi connectivity index (χ3n) is 3.77. The summed E-state index contributed by atoms with van der Waals surface area (Å²) in [6.07, 6.45) is 1.81. The van der Waals surface area contributed by atoms with Crippen LogP contribution in [0.15, 0.2) is 23.1 Å². The second-order valence-electron chi connectivity index (χ2n) is 5.65. The molecular formula is C16H21FN2O5S. The van der Waals surface area contributed by atoms with E-state index in [1.165, 1.54) is 0 Å². The Hall–Kier alpha value is -2.00. The molecule has 0 spiro atoms. The van der Waals surface area contributed by atoms with Gasteiger partial charge in [-0.25, -0.2) is 17.6 Å². The topological polar surface area (TPSA) is 92.8 Å². The lowest BCUT2D eigenvalue weighted by atomic mass is 10.2. The van der Waals surface area contributed by atoms with Gasteiger partial charge < -0.3 is 10.1 Å². The van der Waals surface area contributed by atoms with Crippen molar-refractivity contribution in [3.8, 4) is 0 Å². The molecule has 0 aliphatic heterocycles. The summed E-state index contributed by atoms with van der Waals surface area (Å²) in [7, 11) is -4.06. The van der Waals surface area contributed by atoms with Crippen LogP contribution in [0.3, 0.4) is 0 Å². The third kappa shape index (κ3) is 4.76. The summed E-state index contributed by atoms with van der Waals surface area (Å²) in [5, 5.41) is 2.66. The van der Waals surface area contributed by atoms with Gasteiger partial charge in [-0.15, -0.1) is 0 Å². The van der Waals surface area contributed by atoms with Crippen molar-refractivity contribution >= 4 is 21.9 Å². The second-order valence-corrected chi connectivity index (χ2v) is 7.56. The molecule has 1 fully saturated rings. The number of nitrogens with one attached hydrogen (secondary N) is 1. The van der Waals surface area contributed by atoms with Crippen LogP contribution in [0.1, 0.15) is 37.0 Å². The molecule has 138 valence electrons. The molecule has 1 aromatic rings. The number of hydrogen-bond acceptors (Lipinski definition) is 5. The molecule has 0 saturated heterocycles. The second kappa shape index (κ2) is 7.92. The molecule has 0 aromatic heterocycles. The summed E-state index contributed by atoms with van der Waals surface area (Å²) >= 11 is 0. The van der Waals surface area contributed by atoms with Crippen LogP contribution in [0.4, 0.5) is 4.39 Å². The van der Waals surface area contributed by atoms with E-state index >= 15 is 0 Å². The summed E-state index contributed by atoms with van der Waals surface area (Å²) in [4.78, 5) is 23.0. The van der Waals surface area contributed by atoms with Gasteiger partial charge in [0.2, 0.25) is 10.0 Å². The van der Waals surface area contributed by atoms with Crippen LogP contribution in [0, 0.1) is 5.82 Å². The first-order valence-electron chi connectivity index (χ1n) is 8.05. The minimum atomic E-state index is -4.06. The van der Waals surface area contributed by atoms with Crippen LogP contribution in [0.2, 0.25) is 0 Å². The largest absolute Gasteiger partial charge is 0.452 e. The molecule has 25 heavy (non-hydrogen) atoms. The van der Waals surface area contributed by atoms with Gasteiger partial charge in [-0.2, -0.15) is 4.31 Å². The number of benzene rings is 1. The predicted octanol–water partition coefficient (Wildman–Crippen LogP) is 1.29. The van der Waals surface area contributed by atoms with Gasteiger partial charge in [-0.05, 0) is 31.0 Å².